The Balaban J connectivity index is 2.32. The molecule has 0 fully saturated rings. The molecule has 2 aromatic rings. The van der Waals surface area contributed by atoms with Gasteiger partial charge in [0.15, 0.2) is 0 Å². The first-order valence-corrected chi connectivity index (χ1v) is 6.45. The molecule has 0 saturated heterocycles. The Morgan fingerprint density at radius 2 is 1.95 bits per heavy atom. The summed E-state index contributed by atoms with van der Waals surface area (Å²) in [6.07, 6.45) is 0. The van der Waals surface area contributed by atoms with E-state index in [4.69, 9.17) is 34.3 Å². The molecule has 0 unspecified atom stereocenters. The van der Waals surface area contributed by atoms with Crippen LogP contribution < -0.4 is 16.6 Å². The first-order valence-electron chi connectivity index (χ1n) is 5.69. The molecule has 0 saturated carbocycles. The van der Waals surface area contributed by atoms with Crippen molar-refractivity contribution in [2.24, 2.45) is 5.84 Å². The number of hydrogen-bond acceptors (Lipinski definition) is 5. The Kier molecular flexibility index (Phi) is 4.60. The van der Waals surface area contributed by atoms with Gasteiger partial charge in [0.2, 0.25) is 0 Å². The maximum atomic E-state index is 12.2. The van der Waals surface area contributed by atoms with E-state index in [0.717, 1.165) is 0 Å². The molecule has 0 aliphatic rings. The number of hydrogen-bond donors (Lipinski definition) is 3. The third-order valence-corrected chi connectivity index (χ3v) is 3.19. The summed E-state index contributed by atoms with van der Waals surface area (Å²) in [5.41, 5.74) is 2.98. The van der Waals surface area contributed by atoms with Crippen LogP contribution in [0.3, 0.4) is 0 Å². The van der Waals surface area contributed by atoms with Gasteiger partial charge < -0.3 is 10.7 Å². The zero-order valence-electron chi connectivity index (χ0n) is 10.5. The standard InChI is InChI=1S/C13H9Cl2N5O/c14-8-2-1-7(6-16)5-10(8)18-13(21)12-9(15)3-4-11(19-12)20-17/h1-5H,17H2,(H,18,21)(H,19,20). The number of amides is 1. The van der Waals surface area contributed by atoms with Gasteiger partial charge in [-0.15, -0.1) is 0 Å². The van der Waals surface area contributed by atoms with Crippen molar-refractivity contribution >= 4 is 40.6 Å². The lowest BCUT2D eigenvalue weighted by atomic mass is 10.2. The van der Waals surface area contributed by atoms with Gasteiger partial charge in [-0.05, 0) is 30.3 Å². The van der Waals surface area contributed by atoms with Crippen molar-refractivity contribution in [2.75, 3.05) is 10.7 Å². The van der Waals surface area contributed by atoms with Crippen molar-refractivity contribution in [3.05, 3.63) is 51.6 Å². The molecule has 0 aliphatic heterocycles. The first-order chi connectivity index (χ1) is 10.0. The van der Waals surface area contributed by atoms with Crippen LogP contribution in [0.15, 0.2) is 30.3 Å². The van der Waals surface area contributed by atoms with Crippen molar-refractivity contribution in [2.45, 2.75) is 0 Å². The summed E-state index contributed by atoms with van der Waals surface area (Å²) in [5.74, 6) is 4.97. The summed E-state index contributed by atoms with van der Waals surface area (Å²) in [6, 6.07) is 9.50. The number of carbonyl (C=O) groups excluding carboxylic acids is 1. The van der Waals surface area contributed by atoms with Gasteiger partial charge in [0, 0.05) is 0 Å². The van der Waals surface area contributed by atoms with Crippen LogP contribution in [-0.2, 0) is 0 Å². The van der Waals surface area contributed by atoms with Crippen LogP contribution in [-0.4, -0.2) is 10.9 Å². The molecule has 8 heteroatoms. The summed E-state index contributed by atoms with van der Waals surface area (Å²) < 4.78 is 0. The van der Waals surface area contributed by atoms with Crippen molar-refractivity contribution in [1.29, 1.82) is 5.26 Å². The molecule has 1 amide bonds. The topological polar surface area (TPSA) is 104 Å². The fraction of sp³-hybridized carbons (Fsp3) is 0. The van der Waals surface area contributed by atoms with Crippen LogP contribution in [0.5, 0.6) is 0 Å². The molecule has 4 N–H and O–H groups in total. The number of nitrogens with one attached hydrogen (secondary N) is 2. The number of halogens is 2. The van der Waals surface area contributed by atoms with Crippen LogP contribution in [0, 0.1) is 11.3 Å². The van der Waals surface area contributed by atoms with E-state index < -0.39 is 5.91 Å². The van der Waals surface area contributed by atoms with Gasteiger partial charge in [0.1, 0.15) is 11.5 Å². The third kappa shape index (κ3) is 3.41. The van der Waals surface area contributed by atoms with Crippen molar-refractivity contribution < 1.29 is 4.79 Å². The Morgan fingerprint density at radius 3 is 2.62 bits per heavy atom. The molecule has 2 rings (SSSR count). The summed E-state index contributed by atoms with van der Waals surface area (Å²) in [6.45, 7) is 0. The van der Waals surface area contributed by atoms with Gasteiger partial charge in [-0.2, -0.15) is 5.26 Å². The smallest absolute Gasteiger partial charge is 0.275 e. The Bertz CT molecular complexity index is 742. The molecule has 0 spiro atoms. The number of nitriles is 1. The monoisotopic (exact) mass is 321 g/mol. The van der Waals surface area contributed by atoms with Crippen molar-refractivity contribution in [3.8, 4) is 6.07 Å². The van der Waals surface area contributed by atoms with Crippen molar-refractivity contribution in [3.63, 3.8) is 0 Å². The number of carbonyl (C=O) groups is 1. The SMILES string of the molecule is N#Cc1ccc(Cl)c(NC(=O)c2nc(NN)ccc2Cl)c1. The van der Waals surface area contributed by atoms with Crippen LogP contribution in [0.25, 0.3) is 0 Å². The number of aromatic nitrogens is 1. The highest BCUT2D eigenvalue weighted by atomic mass is 35.5. The predicted molar refractivity (Wildman–Crippen MR) is 81.2 cm³/mol. The van der Waals surface area contributed by atoms with E-state index in [0.29, 0.717) is 22.1 Å². The van der Waals surface area contributed by atoms with E-state index in [2.05, 4.69) is 15.7 Å². The molecule has 0 radical (unpaired) electrons. The number of anilines is 2. The number of nitrogens with zero attached hydrogens (tertiary/aromatic N) is 2. The van der Waals surface area contributed by atoms with Crippen LogP contribution in [0.4, 0.5) is 11.5 Å². The van der Waals surface area contributed by atoms with E-state index in [1.165, 1.54) is 24.3 Å². The average Bonchev–Trinajstić information content (AvgIpc) is 2.49. The van der Waals surface area contributed by atoms with Gasteiger partial charge in [-0.25, -0.2) is 10.8 Å². The molecule has 0 bridgehead atoms. The van der Waals surface area contributed by atoms with Crippen LogP contribution in [0.2, 0.25) is 10.0 Å². The quantitative estimate of drug-likeness (QED) is 0.595. The third-order valence-electron chi connectivity index (χ3n) is 2.55. The van der Waals surface area contributed by atoms with E-state index >= 15 is 0 Å². The van der Waals surface area contributed by atoms with Crippen LogP contribution in [0.1, 0.15) is 16.1 Å². The van der Waals surface area contributed by atoms with E-state index in [9.17, 15) is 4.79 Å². The highest BCUT2D eigenvalue weighted by molar-refractivity contribution is 6.35. The highest BCUT2D eigenvalue weighted by Gasteiger charge is 2.15. The van der Waals surface area contributed by atoms with E-state index in [1.807, 2.05) is 6.07 Å². The van der Waals surface area contributed by atoms with E-state index in [-0.39, 0.29) is 10.7 Å². The van der Waals surface area contributed by atoms with E-state index in [1.54, 1.807) is 6.07 Å². The number of hydrazine groups is 1. The summed E-state index contributed by atoms with van der Waals surface area (Å²) >= 11 is 11.9. The first kappa shape index (κ1) is 15.1. The minimum atomic E-state index is -0.561. The normalized spacial score (nSPS) is 9.81. The Labute approximate surface area is 130 Å². The number of pyridine rings is 1. The molecule has 0 atom stereocenters. The lowest BCUT2D eigenvalue weighted by molar-refractivity contribution is 0.102. The molecule has 0 aliphatic carbocycles. The second-order valence-corrected chi connectivity index (χ2v) is 4.75. The van der Waals surface area contributed by atoms with Gasteiger partial charge in [0.25, 0.3) is 5.91 Å². The summed E-state index contributed by atoms with van der Waals surface area (Å²) in [4.78, 5) is 16.2. The fourth-order valence-corrected chi connectivity index (χ4v) is 1.91. The molecule has 1 aromatic heterocycles. The molecular formula is C13H9Cl2N5O. The zero-order valence-corrected chi connectivity index (χ0v) is 12.0. The molecule has 1 heterocycles. The number of nitrogens with two attached hydrogens (primary N) is 1. The molecule has 21 heavy (non-hydrogen) atoms. The predicted octanol–water partition coefficient (Wildman–Crippen LogP) is 2.80. The molecule has 6 nitrogen and oxygen atoms in total. The lowest BCUT2D eigenvalue weighted by Crippen LogP contribution is -2.17. The minimum absolute atomic E-state index is 0.00876. The Hall–Kier alpha value is -2.33. The molecule has 106 valence electrons. The van der Waals surface area contributed by atoms with Crippen molar-refractivity contribution in [1.82, 2.24) is 4.98 Å². The lowest BCUT2D eigenvalue weighted by Gasteiger charge is -2.09. The summed E-state index contributed by atoms with van der Waals surface area (Å²) in [7, 11) is 0. The minimum Gasteiger partial charge on any atom is -0.319 e. The van der Waals surface area contributed by atoms with Gasteiger partial charge >= 0.3 is 0 Å². The van der Waals surface area contributed by atoms with Crippen LogP contribution >= 0.6 is 23.2 Å². The zero-order chi connectivity index (χ0) is 15.4. The van der Waals surface area contributed by atoms with Gasteiger partial charge in [-0.1, -0.05) is 23.2 Å². The maximum Gasteiger partial charge on any atom is 0.275 e. The maximum absolute atomic E-state index is 12.2. The number of nitrogen functional groups attached to an aromatic ring is 1. The van der Waals surface area contributed by atoms with Gasteiger partial charge in [-0.3, -0.25) is 4.79 Å². The number of benzene rings is 1. The number of rotatable bonds is 3. The largest absolute Gasteiger partial charge is 0.319 e. The highest BCUT2D eigenvalue weighted by Crippen LogP contribution is 2.24. The summed E-state index contributed by atoms with van der Waals surface area (Å²) in [5, 5.41) is 11.9. The average molecular weight is 322 g/mol. The second kappa shape index (κ2) is 6.41. The molecule has 1 aromatic carbocycles. The van der Waals surface area contributed by atoms with Gasteiger partial charge in [0.05, 0.1) is 27.4 Å². The Morgan fingerprint density at radius 1 is 1.24 bits per heavy atom. The second-order valence-electron chi connectivity index (χ2n) is 3.93. The fourth-order valence-electron chi connectivity index (χ4n) is 1.55. The molecular weight excluding hydrogens is 313 g/mol.